The Hall–Kier alpha value is -3.45. The Balaban J connectivity index is 1.28. The van der Waals surface area contributed by atoms with Gasteiger partial charge in [0.25, 0.3) is 0 Å². The van der Waals surface area contributed by atoms with Crippen molar-refractivity contribution < 1.29 is 14.0 Å². The SMILES string of the molecule is O=C(Nc1nnc(-c2ccc(Cl)cc2)o1)C1CCN(C(=O)/C=C/c2ccccc2)CC1. The third-order valence-electron chi connectivity index (χ3n) is 5.14. The fourth-order valence-electron chi connectivity index (χ4n) is 3.39. The number of anilines is 1. The molecule has 1 aromatic heterocycles. The first-order valence-corrected chi connectivity index (χ1v) is 10.4. The molecule has 2 amide bonds. The highest BCUT2D eigenvalue weighted by Crippen LogP contribution is 2.23. The summed E-state index contributed by atoms with van der Waals surface area (Å²) in [5.41, 5.74) is 1.69. The molecule has 0 saturated carbocycles. The zero-order valence-electron chi connectivity index (χ0n) is 16.7. The number of rotatable bonds is 5. The van der Waals surface area contributed by atoms with Gasteiger partial charge in [0.05, 0.1) is 0 Å². The maximum atomic E-state index is 12.6. The van der Waals surface area contributed by atoms with E-state index < -0.39 is 0 Å². The molecule has 0 spiro atoms. The van der Waals surface area contributed by atoms with E-state index in [1.165, 1.54) is 0 Å². The van der Waals surface area contributed by atoms with Crippen LogP contribution < -0.4 is 5.32 Å². The van der Waals surface area contributed by atoms with Crippen LogP contribution in [0.4, 0.5) is 6.01 Å². The summed E-state index contributed by atoms with van der Waals surface area (Å²) in [6.07, 6.45) is 4.53. The van der Waals surface area contributed by atoms with E-state index in [0.29, 0.717) is 42.4 Å². The van der Waals surface area contributed by atoms with Gasteiger partial charge in [-0.05, 0) is 48.7 Å². The van der Waals surface area contributed by atoms with Crippen molar-refractivity contribution in [1.82, 2.24) is 15.1 Å². The molecule has 1 N–H and O–H groups in total. The third kappa shape index (κ3) is 5.38. The van der Waals surface area contributed by atoms with Crippen LogP contribution >= 0.6 is 11.6 Å². The van der Waals surface area contributed by atoms with Crippen LogP contribution in [0.25, 0.3) is 17.5 Å². The molecule has 0 atom stereocenters. The van der Waals surface area contributed by atoms with E-state index in [1.807, 2.05) is 30.3 Å². The number of halogens is 1. The Kier molecular flexibility index (Phi) is 6.43. The van der Waals surface area contributed by atoms with E-state index in [2.05, 4.69) is 15.5 Å². The molecule has 7 nitrogen and oxygen atoms in total. The van der Waals surface area contributed by atoms with Crippen molar-refractivity contribution in [3.05, 3.63) is 71.3 Å². The van der Waals surface area contributed by atoms with E-state index in [1.54, 1.807) is 41.3 Å². The van der Waals surface area contributed by atoms with Crippen molar-refractivity contribution in [2.45, 2.75) is 12.8 Å². The summed E-state index contributed by atoms with van der Waals surface area (Å²) in [6.45, 7) is 1.05. The molecule has 0 radical (unpaired) electrons. The summed E-state index contributed by atoms with van der Waals surface area (Å²) in [4.78, 5) is 26.7. The molecular formula is C23H21ClN4O3. The maximum absolute atomic E-state index is 12.6. The second kappa shape index (κ2) is 9.57. The van der Waals surface area contributed by atoms with Gasteiger partial charge in [-0.2, -0.15) is 0 Å². The smallest absolute Gasteiger partial charge is 0.322 e. The number of piperidine rings is 1. The Morgan fingerprint density at radius 3 is 2.45 bits per heavy atom. The Morgan fingerprint density at radius 2 is 1.74 bits per heavy atom. The minimum atomic E-state index is -0.215. The van der Waals surface area contributed by atoms with Crippen molar-refractivity contribution in [3.8, 4) is 11.5 Å². The minimum absolute atomic E-state index is 0.0489. The molecule has 4 rings (SSSR count). The lowest BCUT2D eigenvalue weighted by molar-refractivity contribution is -0.130. The monoisotopic (exact) mass is 436 g/mol. The molecule has 158 valence electrons. The topological polar surface area (TPSA) is 88.3 Å². The first-order valence-electron chi connectivity index (χ1n) is 10.0. The average Bonchev–Trinajstić information content (AvgIpc) is 3.27. The van der Waals surface area contributed by atoms with Gasteiger partial charge >= 0.3 is 6.01 Å². The van der Waals surface area contributed by atoms with Crippen molar-refractivity contribution in [3.63, 3.8) is 0 Å². The highest BCUT2D eigenvalue weighted by molar-refractivity contribution is 6.30. The number of nitrogens with zero attached hydrogens (tertiary/aromatic N) is 3. The molecule has 0 unspecified atom stereocenters. The second-order valence-electron chi connectivity index (χ2n) is 7.25. The Labute approximate surface area is 184 Å². The van der Waals surface area contributed by atoms with Gasteiger partial charge in [-0.25, -0.2) is 0 Å². The summed E-state index contributed by atoms with van der Waals surface area (Å²) in [5.74, 6) is -0.143. The van der Waals surface area contributed by atoms with Gasteiger partial charge < -0.3 is 9.32 Å². The summed E-state index contributed by atoms with van der Waals surface area (Å²) in [5, 5.41) is 11.1. The molecule has 1 saturated heterocycles. The highest BCUT2D eigenvalue weighted by atomic mass is 35.5. The summed E-state index contributed by atoms with van der Waals surface area (Å²) >= 11 is 5.88. The van der Waals surface area contributed by atoms with Crippen LogP contribution in [0.5, 0.6) is 0 Å². The molecule has 1 aliphatic rings. The summed E-state index contributed by atoms with van der Waals surface area (Å²) in [6, 6.07) is 16.7. The minimum Gasteiger partial charge on any atom is -0.403 e. The van der Waals surface area contributed by atoms with Crippen LogP contribution in [0.1, 0.15) is 18.4 Å². The second-order valence-corrected chi connectivity index (χ2v) is 7.69. The van der Waals surface area contributed by atoms with Crippen LogP contribution in [0.2, 0.25) is 5.02 Å². The van der Waals surface area contributed by atoms with Crippen LogP contribution in [-0.2, 0) is 9.59 Å². The molecule has 1 aliphatic heterocycles. The molecule has 31 heavy (non-hydrogen) atoms. The van der Waals surface area contributed by atoms with Crippen LogP contribution in [0.15, 0.2) is 65.1 Å². The van der Waals surface area contributed by atoms with Gasteiger partial charge in [-0.1, -0.05) is 47.0 Å². The van der Waals surface area contributed by atoms with E-state index in [9.17, 15) is 9.59 Å². The molecule has 2 aromatic carbocycles. The average molecular weight is 437 g/mol. The molecule has 0 aliphatic carbocycles. The third-order valence-corrected chi connectivity index (χ3v) is 5.39. The predicted octanol–water partition coefficient (Wildman–Crippen LogP) is 4.28. The summed E-state index contributed by atoms with van der Waals surface area (Å²) in [7, 11) is 0. The van der Waals surface area contributed by atoms with Crippen molar-refractivity contribution in [1.29, 1.82) is 0 Å². The standard InChI is InChI=1S/C23H21ClN4O3/c24-19-9-7-18(8-10-19)22-26-27-23(31-22)25-21(30)17-12-14-28(15-13-17)20(29)11-6-16-4-2-1-3-5-16/h1-11,17H,12-15H2,(H,25,27,30)/b11-6+. The van der Waals surface area contributed by atoms with Gasteiger partial charge in [0, 0.05) is 35.7 Å². The Bertz CT molecular complexity index is 1070. The summed E-state index contributed by atoms with van der Waals surface area (Å²) < 4.78 is 5.53. The number of carbonyl (C=O) groups is 2. The number of carbonyl (C=O) groups excluding carboxylic acids is 2. The van der Waals surface area contributed by atoms with E-state index in [0.717, 1.165) is 5.56 Å². The fourth-order valence-corrected chi connectivity index (χ4v) is 3.52. The number of nitrogens with one attached hydrogen (secondary N) is 1. The molecule has 1 fully saturated rings. The molecule has 3 aromatic rings. The van der Waals surface area contributed by atoms with Crippen molar-refractivity contribution in [2.24, 2.45) is 5.92 Å². The van der Waals surface area contributed by atoms with E-state index in [4.69, 9.17) is 16.0 Å². The highest BCUT2D eigenvalue weighted by Gasteiger charge is 2.27. The lowest BCUT2D eigenvalue weighted by atomic mass is 9.96. The number of hydrogen-bond acceptors (Lipinski definition) is 5. The van der Waals surface area contributed by atoms with Gasteiger partial charge in [0.15, 0.2) is 0 Å². The first-order chi connectivity index (χ1) is 15.1. The van der Waals surface area contributed by atoms with E-state index in [-0.39, 0.29) is 23.7 Å². The van der Waals surface area contributed by atoms with Crippen LogP contribution in [0, 0.1) is 5.92 Å². The Morgan fingerprint density at radius 1 is 1.03 bits per heavy atom. The van der Waals surface area contributed by atoms with Gasteiger partial charge in [-0.3, -0.25) is 14.9 Å². The van der Waals surface area contributed by atoms with Gasteiger partial charge in [0.1, 0.15) is 0 Å². The molecule has 0 bridgehead atoms. The zero-order valence-corrected chi connectivity index (χ0v) is 17.5. The van der Waals surface area contributed by atoms with Gasteiger partial charge in [-0.15, -0.1) is 5.10 Å². The number of amides is 2. The van der Waals surface area contributed by atoms with Gasteiger partial charge in [0.2, 0.25) is 17.7 Å². The fraction of sp³-hybridized carbons (Fsp3) is 0.217. The lowest BCUT2D eigenvalue weighted by Crippen LogP contribution is -2.40. The number of hydrogen-bond donors (Lipinski definition) is 1. The number of likely N-dealkylation sites (tertiary alicyclic amines) is 1. The maximum Gasteiger partial charge on any atom is 0.322 e. The molecule has 2 heterocycles. The largest absolute Gasteiger partial charge is 0.403 e. The quantitative estimate of drug-likeness (QED) is 0.603. The zero-order chi connectivity index (χ0) is 21.6. The number of aromatic nitrogens is 2. The lowest BCUT2D eigenvalue weighted by Gasteiger charge is -2.30. The number of benzene rings is 2. The molecular weight excluding hydrogens is 416 g/mol. The predicted molar refractivity (Wildman–Crippen MR) is 118 cm³/mol. The normalized spacial score (nSPS) is 14.7. The van der Waals surface area contributed by atoms with E-state index >= 15 is 0 Å². The van der Waals surface area contributed by atoms with Crippen molar-refractivity contribution >= 4 is 35.5 Å². The van der Waals surface area contributed by atoms with Crippen molar-refractivity contribution in [2.75, 3.05) is 18.4 Å². The molecule has 8 heteroatoms. The first kappa shape index (κ1) is 20.8. The van der Waals surface area contributed by atoms with Crippen LogP contribution in [0.3, 0.4) is 0 Å². The van der Waals surface area contributed by atoms with Crippen LogP contribution in [-0.4, -0.2) is 40.0 Å².